The number of aromatic nitrogens is 2. The fourth-order valence-electron chi connectivity index (χ4n) is 1.83. The van der Waals surface area contributed by atoms with Crippen LogP contribution in [0.5, 0.6) is 0 Å². The van der Waals surface area contributed by atoms with E-state index >= 15 is 0 Å². The molecule has 1 N–H and O–H groups in total. The monoisotopic (exact) mass is 260 g/mol. The van der Waals surface area contributed by atoms with Crippen LogP contribution in [0.2, 0.25) is 0 Å². The van der Waals surface area contributed by atoms with Crippen LogP contribution >= 0.6 is 0 Å². The number of hydrogen-bond donors (Lipinski definition) is 1. The molecule has 2 aromatic rings. The van der Waals surface area contributed by atoms with E-state index in [2.05, 4.69) is 42.2 Å². The number of aliphatic hydroxyl groups is 1. The van der Waals surface area contributed by atoms with Gasteiger partial charge in [-0.3, -0.25) is 0 Å². The molecule has 0 fully saturated rings. The molecule has 0 amide bonds. The van der Waals surface area contributed by atoms with Crippen LogP contribution in [0.15, 0.2) is 22.7 Å². The summed E-state index contributed by atoms with van der Waals surface area (Å²) in [4.78, 5) is 4.34. The van der Waals surface area contributed by atoms with Gasteiger partial charge in [0.05, 0.1) is 12.0 Å². The first-order chi connectivity index (χ1) is 8.97. The Labute approximate surface area is 113 Å². The molecule has 1 aromatic heterocycles. The van der Waals surface area contributed by atoms with Crippen molar-refractivity contribution in [1.82, 2.24) is 10.1 Å². The SMILES string of the molecule is Cc1ccc(Cc2noc(C(C)C(C)O)n2)cc1C. The van der Waals surface area contributed by atoms with Crippen molar-refractivity contribution < 1.29 is 9.63 Å². The van der Waals surface area contributed by atoms with Gasteiger partial charge in [-0.2, -0.15) is 4.98 Å². The minimum Gasteiger partial charge on any atom is -0.393 e. The maximum absolute atomic E-state index is 9.51. The Morgan fingerprint density at radius 2 is 1.95 bits per heavy atom. The average Bonchev–Trinajstić information content (AvgIpc) is 2.81. The van der Waals surface area contributed by atoms with Crippen LogP contribution in [0.25, 0.3) is 0 Å². The summed E-state index contributed by atoms with van der Waals surface area (Å²) < 4.78 is 5.19. The molecule has 1 aromatic carbocycles. The van der Waals surface area contributed by atoms with Crippen molar-refractivity contribution in [3.63, 3.8) is 0 Å². The lowest BCUT2D eigenvalue weighted by Crippen LogP contribution is -2.11. The van der Waals surface area contributed by atoms with Gasteiger partial charge in [0.25, 0.3) is 0 Å². The first-order valence-electron chi connectivity index (χ1n) is 6.54. The van der Waals surface area contributed by atoms with E-state index in [1.807, 2.05) is 6.92 Å². The molecule has 19 heavy (non-hydrogen) atoms. The van der Waals surface area contributed by atoms with Crippen LogP contribution < -0.4 is 0 Å². The number of benzene rings is 1. The highest BCUT2D eigenvalue weighted by atomic mass is 16.5. The average molecular weight is 260 g/mol. The van der Waals surface area contributed by atoms with E-state index in [9.17, 15) is 5.11 Å². The zero-order valence-electron chi connectivity index (χ0n) is 11.8. The van der Waals surface area contributed by atoms with Crippen LogP contribution in [0.1, 0.15) is 48.2 Å². The van der Waals surface area contributed by atoms with Gasteiger partial charge in [0.15, 0.2) is 5.82 Å². The third-order valence-electron chi connectivity index (χ3n) is 3.53. The van der Waals surface area contributed by atoms with Crippen molar-refractivity contribution in [3.05, 3.63) is 46.6 Å². The van der Waals surface area contributed by atoms with Crippen LogP contribution in [0.4, 0.5) is 0 Å². The first kappa shape index (κ1) is 13.7. The van der Waals surface area contributed by atoms with E-state index in [0.717, 1.165) is 0 Å². The normalized spacial score (nSPS) is 14.4. The van der Waals surface area contributed by atoms with Gasteiger partial charge < -0.3 is 9.63 Å². The molecule has 2 unspecified atom stereocenters. The molecular formula is C15H20N2O2. The largest absolute Gasteiger partial charge is 0.393 e. The molecule has 0 radical (unpaired) electrons. The summed E-state index contributed by atoms with van der Waals surface area (Å²) in [7, 11) is 0. The number of rotatable bonds is 4. The molecule has 0 bridgehead atoms. The van der Waals surface area contributed by atoms with Crippen LogP contribution in [-0.4, -0.2) is 21.4 Å². The second kappa shape index (κ2) is 5.53. The number of aliphatic hydroxyl groups excluding tert-OH is 1. The highest BCUT2D eigenvalue weighted by Gasteiger charge is 2.18. The number of aryl methyl sites for hydroxylation is 2. The summed E-state index contributed by atoms with van der Waals surface area (Å²) in [6, 6.07) is 6.32. The smallest absolute Gasteiger partial charge is 0.232 e. The highest BCUT2D eigenvalue weighted by molar-refractivity contribution is 5.31. The van der Waals surface area contributed by atoms with Gasteiger partial charge in [0.1, 0.15) is 0 Å². The Hall–Kier alpha value is -1.68. The van der Waals surface area contributed by atoms with Crippen LogP contribution in [0, 0.1) is 13.8 Å². The molecule has 0 aliphatic rings. The third kappa shape index (κ3) is 3.20. The van der Waals surface area contributed by atoms with Gasteiger partial charge in [0, 0.05) is 6.42 Å². The summed E-state index contributed by atoms with van der Waals surface area (Å²) in [5.41, 5.74) is 3.71. The number of hydrogen-bond acceptors (Lipinski definition) is 4. The van der Waals surface area contributed by atoms with Crippen molar-refractivity contribution in [1.29, 1.82) is 0 Å². The molecule has 102 valence electrons. The van der Waals surface area contributed by atoms with Crippen molar-refractivity contribution in [2.24, 2.45) is 0 Å². The predicted octanol–water partition coefficient (Wildman–Crippen LogP) is 2.76. The minimum atomic E-state index is -0.491. The van der Waals surface area contributed by atoms with Gasteiger partial charge >= 0.3 is 0 Å². The lowest BCUT2D eigenvalue weighted by Gasteiger charge is -2.08. The van der Waals surface area contributed by atoms with Crippen molar-refractivity contribution in [2.75, 3.05) is 0 Å². The lowest BCUT2D eigenvalue weighted by molar-refractivity contribution is 0.151. The third-order valence-corrected chi connectivity index (χ3v) is 3.53. The maximum Gasteiger partial charge on any atom is 0.232 e. The molecule has 0 saturated carbocycles. The zero-order valence-corrected chi connectivity index (χ0v) is 11.8. The van der Waals surface area contributed by atoms with E-state index in [1.54, 1.807) is 6.92 Å². The van der Waals surface area contributed by atoms with E-state index in [-0.39, 0.29) is 5.92 Å². The second-order valence-corrected chi connectivity index (χ2v) is 5.17. The molecule has 4 nitrogen and oxygen atoms in total. The first-order valence-corrected chi connectivity index (χ1v) is 6.54. The van der Waals surface area contributed by atoms with E-state index in [0.29, 0.717) is 18.1 Å². The summed E-state index contributed by atoms with van der Waals surface area (Å²) in [6.45, 7) is 7.78. The maximum atomic E-state index is 9.51. The van der Waals surface area contributed by atoms with Gasteiger partial charge in [0.2, 0.25) is 5.89 Å². The quantitative estimate of drug-likeness (QED) is 0.918. The summed E-state index contributed by atoms with van der Waals surface area (Å²) in [5, 5.41) is 13.5. The fraction of sp³-hybridized carbons (Fsp3) is 0.467. The lowest BCUT2D eigenvalue weighted by atomic mass is 10.0. The molecule has 1 heterocycles. The van der Waals surface area contributed by atoms with Gasteiger partial charge in [-0.25, -0.2) is 0 Å². The zero-order chi connectivity index (χ0) is 14.0. The van der Waals surface area contributed by atoms with Gasteiger partial charge in [-0.15, -0.1) is 0 Å². The Morgan fingerprint density at radius 3 is 2.58 bits per heavy atom. The summed E-state index contributed by atoms with van der Waals surface area (Å²) in [6.07, 6.45) is 0.159. The van der Waals surface area contributed by atoms with Crippen molar-refractivity contribution >= 4 is 0 Å². The van der Waals surface area contributed by atoms with Gasteiger partial charge in [-0.05, 0) is 37.5 Å². The summed E-state index contributed by atoms with van der Waals surface area (Å²) >= 11 is 0. The summed E-state index contributed by atoms with van der Waals surface area (Å²) in [5.74, 6) is 1.01. The van der Waals surface area contributed by atoms with Crippen molar-refractivity contribution in [2.45, 2.75) is 46.1 Å². The Bertz CT molecular complexity index is 561. The minimum absolute atomic E-state index is 0.138. The fourth-order valence-corrected chi connectivity index (χ4v) is 1.83. The molecule has 4 heteroatoms. The molecule has 0 spiro atoms. The molecule has 2 rings (SSSR count). The molecular weight excluding hydrogens is 240 g/mol. The van der Waals surface area contributed by atoms with Gasteiger partial charge in [-0.1, -0.05) is 30.3 Å². The predicted molar refractivity (Wildman–Crippen MR) is 73.1 cm³/mol. The topological polar surface area (TPSA) is 59.2 Å². The molecule has 0 aliphatic carbocycles. The van der Waals surface area contributed by atoms with E-state index < -0.39 is 6.10 Å². The Morgan fingerprint density at radius 1 is 1.21 bits per heavy atom. The Balaban J connectivity index is 2.13. The standard InChI is InChI=1S/C15H20N2O2/c1-9-5-6-13(7-10(9)2)8-14-16-15(19-17-14)11(3)12(4)18/h5-7,11-12,18H,8H2,1-4H3. The molecule has 0 aliphatic heterocycles. The Kier molecular flexibility index (Phi) is 4.00. The second-order valence-electron chi connectivity index (χ2n) is 5.17. The highest BCUT2D eigenvalue weighted by Crippen LogP contribution is 2.18. The van der Waals surface area contributed by atoms with Crippen LogP contribution in [0.3, 0.4) is 0 Å². The van der Waals surface area contributed by atoms with Crippen LogP contribution in [-0.2, 0) is 6.42 Å². The van der Waals surface area contributed by atoms with E-state index in [1.165, 1.54) is 16.7 Å². The molecule has 2 atom stereocenters. The number of nitrogens with zero attached hydrogens (tertiary/aromatic N) is 2. The van der Waals surface area contributed by atoms with E-state index in [4.69, 9.17) is 4.52 Å². The molecule has 0 saturated heterocycles. The van der Waals surface area contributed by atoms with Crippen molar-refractivity contribution in [3.8, 4) is 0 Å².